The Morgan fingerprint density at radius 2 is 0.772 bits per heavy atom. The number of ketones is 4. The maximum atomic E-state index is 13.7. The smallest absolute Gasteiger partial charge is 0.325 e. The molecule has 0 aromatic heterocycles. The minimum absolute atomic E-state index is 0.0188. The molecule has 5 aromatic carbocycles. The molecule has 7 aliphatic rings. The highest BCUT2D eigenvalue weighted by Gasteiger charge is 2.51. The number of carboxylic acid groups (broad SMARTS) is 1. The number of epoxide rings is 2. The second-order valence-electron chi connectivity index (χ2n) is 32.8. The second kappa shape index (κ2) is 52.7. The summed E-state index contributed by atoms with van der Waals surface area (Å²) in [7, 11) is 0. The number of carbonyl (C=O) groups excluding carboxylic acids is 10. The molecular weight excluding hydrogens is 1570 g/mol. The number of morpholine rings is 3. The van der Waals surface area contributed by atoms with Gasteiger partial charge in [-0.1, -0.05) is 175 Å². The predicted octanol–water partition coefficient (Wildman–Crippen LogP) is 7.92. The Kier molecular flexibility index (Phi) is 42.2. The predicted molar refractivity (Wildman–Crippen MR) is 465 cm³/mol. The van der Waals surface area contributed by atoms with Gasteiger partial charge < -0.3 is 71.0 Å². The van der Waals surface area contributed by atoms with Crippen LogP contribution in [0.15, 0.2) is 175 Å². The third-order valence-corrected chi connectivity index (χ3v) is 22.5. The maximum Gasteiger partial charge on any atom is 0.325 e. The van der Waals surface area contributed by atoms with Crippen molar-refractivity contribution in [2.24, 2.45) is 23.3 Å². The van der Waals surface area contributed by atoms with Crippen molar-refractivity contribution >= 4 is 64.7 Å². The number of nitrogens with two attached hydrogens (primary N) is 2. The number of aryl methyl sites for hydroxylation is 3. The summed E-state index contributed by atoms with van der Waals surface area (Å²) in [6, 6.07) is 44.9. The van der Waals surface area contributed by atoms with Crippen molar-refractivity contribution in [3.05, 3.63) is 203 Å². The van der Waals surface area contributed by atoms with Crippen LogP contribution < -0.4 is 32.7 Å². The lowest BCUT2D eigenvalue weighted by Crippen LogP contribution is -2.49. The summed E-state index contributed by atoms with van der Waals surface area (Å²) < 4.78 is 37.0. The van der Waals surface area contributed by atoms with Crippen LogP contribution in [0.2, 0.25) is 0 Å². The zero-order chi connectivity index (χ0) is 88.4. The highest BCUT2D eigenvalue weighted by Crippen LogP contribution is 2.33. The minimum atomic E-state index is -1.02. The molecular formula is C95H129N9O19. The summed E-state index contributed by atoms with van der Waals surface area (Å²) in [6.07, 6.45) is 15.6. The molecule has 5 aromatic rings. The molecule has 5 saturated heterocycles. The van der Waals surface area contributed by atoms with Crippen LogP contribution in [-0.2, 0) is 118 Å². The third-order valence-electron chi connectivity index (χ3n) is 22.5. The van der Waals surface area contributed by atoms with Crippen LogP contribution in [-0.4, -0.2) is 244 Å². The van der Waals surface area contributed by atoms with Gasteiger partial charge in [-0.15, -0.1) is 0 Å². The van der Waals surface area contributed by atoms with Crippen LogP contribution in [0.4, 0.5) is 0 Å². The second-order valence-corrected chi connectivity index (χ2v) is 32.8. The first-order valence-corrected chi connectivity index (χ1v) is 43.3. The molecule has 2 aliphatic carbocycles. The Hall–Kier alpha value is -9.85. The number of nitrogens with one attached hydrogen (secondary N) is 4. The van der Waals surface area contributed by atoms with Crippen molar-refractivity contribution in [1.29, 1.82) is 0 Å². The molecule has 0 spiro atoms. The Morgan fingerprint density at radius 1 is 0.431 bits per heavy atom. The molecule has 123 heavy (non-hydrogen) atoms. The lowest BCUT2D eigenvalue weighted by molar-refractivity contribution is -0.152. The monoisotopic (exact) mass is 1700 g/mol. The molecule has 28 nitrogen and oxygen atoms in total. The fourth-order valence-electron chi connectivity index (χ4n) is 14.4. The first-order chi connectivity index (χ1) is 59.2. The summed E-state index contributed by atoms with van der Waals surface area (Å²) >= 11 is 0. The number of nitrogens with zero attached hydrogens (tertiary/aromatic N) is 3. The van der Waals surface area contributed by atoms with Gasteiger partial charge in [0.15, 0.2) is 23.1 Å². The topological polar surface area (TPSA) is 389 Å². The normalized spacial score (nSPS) is 19.9. The number of esters is 2. The Morgan fingerprint density at radius 3 is 1.15 bits per heavy atom. The number of benzene rings is 5. The van der Waals surface area contributed by atoms with E-state index in [1.54, 1.807) is 20.8 Å². The zero-order valence-corrected chi connectivity index (χ0v) is 72.2. The molecule has 4 amide bonds. The van der Waals surface area contributed by atoms with Gasteiger partial charge in [-0.25, -0.2) is 0 Å². The third kappa shape index (κ3) is 37.2. The molecule has 5 aliphatic heterocycles. The summed E-state index contributed by atoms with van der Waals surface area (Å²) in [5.41, 5.74) is 18.0. The van der Waals surface area contributed by atoms with Gasteiger partial charge in [-0.2, -0.15) is 0 Å². The molecule has 9 N–H and O–H groups in total. The molecule has 10 atom stereocenters. The van der Waals surface area contributed by atoms with Crippen LogP contribution in [0, 0.1) is 11.8 Å². The number of Topliss-reactive ketones (excluding diaryl/α,β-unsaturated/α-hetero) is 4. The number of allylic oxidation sites excluding steroid dienone is 2. The number of rotatable bonds is 41. The number of aliphatic carboxylic acids is 1. The van der Waals surface area contributed by atoms with Crippen molar-refractivity contribution in [2.75, 3.05) is 112 Å². The molecule has 0 saturated carbocycles. The number of ether oxygens (including phenoxy) is 7. The Balaban J connectivity index is 0.000000203. The summed E-state index contributed by atoms with van der Waals surface area (Å²) in [5, 5.41) is 19.6. The van der Waals surface area contributed by atoms with E-state index < -0.39 is 59.2 Å². The van der Waals surface area contributed by atoms with Crippen molar-refractivity contribution in [1.82, 2.24) is 36.0 Å². The van der Waals surface area contributed by atoms with E-state index in [0.717, 1.165) is 80.3 Å². The molecule has 668 valence electrons. The van der Waals surface area contributed by atoms with Gasteiger partial charge in [0, 0.05) is 58.0 Å². The van der Waals surface area contributed by atoms with Crippen LogP contribution in [0.3, 0.4) is 0 Å². The minimum Gasteiger partial charge on any atom is -0.480 e. The quantitative estimate of drug-likeness (QED) is 0.0111. The van der Waals surface area contributed by atoms with E-state index in [9.17, 15) is 52.7 Å². The molecule has 28 heteroatoms. The van der Waals surface area contributed by atoms with Gasteiger partial charge in [-0.05, 0) is 152 Å². The highest BCUT2D eigenvalue weighted by atomic mass is 16.6. The molecule has 0 unspecified atom stereocenters. The lowest BCUT2D eigenvalue weighted by atomic mass is 9.90. The molecule has 5 fully saturated rings. The van der Waals surface area contributed by atoms with Crippen molar-refractivity contribution in [2.45, 2.75) is 198 Å². The number of carbonyl (C=O) groups is 11. The molecule has 0 radical (unpaired) electrons. The molecule has 5 heterocycles. The van der Waals surface area contributed by atoms with Crippen LogP contribution in [0.1, 0.15) is 146 Å². The van der Waals surface area contributed by atoms with Crippen molar-refractivity contribution in [3.8, 4) is 0 Å². The summed E-state index contributed by atoms with van der Waals surface area (Å²) in [4.78, 5) is 142. The number of carboxylic acids is 1. The fraction of sp³-hybridized carbons (Fsp3) is 0.526. The number of amides is 4. The Labute approximate surface area is 724 Å². The van der Waals surface area contributed by atoms with E-state index in [0.29, 0.717) is 118 Å². The fourth-order valence-corrected chi connectivity index (χ4v) is 14.4. The number of hydrogen-bond acceptors (Lipinski definition) is 23. The van der Waals surface area contributed by atoms with E-state index >= 15 is 0 Å². The van der Waals surface area contributed by atoms with Gasteiger partial charge in [0.05, 0.1) is 103 Å². The van der Waals surface area contributed by atoms with Gasteiger partial charge in [0.1, 0.15) is 36.5 Å². The van der Waals surface area contributed by atoms with Crippen molar-refractivity contribution < 1.29 is 91.0 Å². The van der Waals surface area contributed by atoms with Crippen molar-refractivity contribution in [3.63, 3.8) is 0 Å². The van der Waals surface area contributed by atoms with Gasteiger partial charge in [-0.3, -0.25) is 67.4 Å². The summed E-state index contributed by atoms with van der Waals surface area (Å²) in [5.74, 6) is -4.39. The first kappa shape index (κ1) is 98.6. The summed E-state index contributed by atoms with van der Waals surface area (Å²) in [6.45, 7) is 18.2. The van der Waals surface area contributed by atoms with Gasteiger partial charge in [0.25, 0.3) is 0 Å². The van der Waals surface area contributed by atoms with Gasteiger partial charge in [0.2, 0.25) is 23.6 Å². The average Bonchev–Trinajstić information content (AvgIpc) is 1.64. The van der Waals surface area contributed by atoms with Crippen LogP contribution in [0.5, 0.6) is 0 Å². The van der Waals surface area contributed by atoms with E-state index in [2.05, 4.69) is 33.4 Å². The van der Waals surface area contributed by atoms with E-state index in [1.807, 2.05) is 173 Å². The van der Waals surface area contributed by atoms with E-state index in [4.69, 9.17) is 49.7 Å². The lowest BCUT2D eigenvalue weighted by Gasteiger charge is -2.27. The molecule has 12 rings (SSSR count). The average molecular weight is 1700 g/mol. The molecule has 0 bridgehead atoms. The van der Waals surface area contributed by atoms with E-state index in [1.165, 1.54) is 30.1 Å². The standard InChI is InChI=1S/C31H43N3O6.C27H34N2O5.C17H19NO2.C11H17NO2.C9H16N2O4/c1-22(32-28(36)20-34-14-16-39-17-15-34)27(35)19-25(13-12-23-8-4-3-5-9-23)30(38)33-26(18-24-10-6-7-11-24)29(37)31(2)21-40-31;1-21(28-26(31)19-29-14-16-33-17-15-29)25(30)18-24(13-12-22-8-4-2-5-9-22)27(32)34-20-23-10-6-3-7-11-23;18-16(12-11-14-7-3-1-4-8-14)17(19)20-13-15-9-5-2-6-10-15;1-11(7-14-11)10(13)9(12)6-8-4-2-3-5-8;1-7(9(13)14)10-8(12)6-11-2-4-15-5-3-11/h3-5,8-10,22,25-26H,6-7,11-21H2,1-2H3,(H,32,36)(H,33,38);2-11,21,24H,12-20H2,1H3,(H,28,31);1-10,16H,11-13,18H2;4,9H,2-3,5-7,12H2,1H3;7H,2-6H2,1H3,(H,10,12)(H,13,14)/t22-,25+,26-,31+;21-,24+;16-;9-,11+;7-/m00000/s1. The SMILES string of the molecule is C[C@H](NC(=O)CN1CCOCC1)C(=O)C[C@@H](CCc1ccccc1)C(=O)N[C@@H](CC1=CCCC1)C(=O)[C@@]1(C)CO1.C[C@H](NC(=O)CN1CCOCC1)C(=O)C[C@@H](CCc1ccccc1)C(=O)OCc1ccccc1.C[C@H](NC(=O)CN1CCOCC1)C(=O)O.C[C@]1(C(=O)[C@@H](N)CC2=CCCC2)CO1.N[C@@H](CCc1ccccc1)C(=O)OCc1ccccc1. The number of hydrogen-bond donors (Lipinski definition) is 7. The Bertz CT molecular complexity index is 4190. The highest BCUT2D eigenvalue weighted by molar-refractivity contribution is 5.98. The van der Waals surface area contributed by atoms with Gasteiger partial charge >= 0.3 is 17.9 Å². The maximum absolute atomic E-state index is 13.7. The zero-order valence-electron chi connectivity index (χ0n) is 72.2. The largest absolute Gasteiger partial charge is 0.480 e. The first-order valence-electron chi connectivity index (χ1n) is 43.3. The van der Waals surface area contributed by atoms with Crippen LogP contribution >= 0.6 is 0 Å². The van der Waals surface area contributed by atoms with Crippen LogP contribution in [0.25, 0.3) is 0 Å². The van der Waals surface area contributed by atoms with E-state index in [-0.39, 0.29) is 110 Å².